The average molecular weight is 540 g/mol. The SMILES string of the molecule is COC(=O)[C@H](C)N(c1ccc(Cl)cc1Cc1c(F)cccc1F)S(=O)(=O)c1ccc(OC)c(OC)c1. The highest BCUT2D eigenvalue weighted by molar-refractivity contribution is 7.93. The lowest BCUT2D eigenvalue weighted by molar-refractivity contribution is -0.141. The van der Waals surface area contributed by atoms with Gasteiger partial charge in [-0.3, -0.25) is 4.31 Å². The number of benzene rings is 3. The van der Waals surface area contributed by atoms with E-state index in [4.69, 9.17) is 25.8 Å². The van der Waals surface area contributed by atoms with Crippen molar-refractivity contribution in [2.45, 2.75) is 24.3 Å². The van der Waals surface area contributed by atoms with Crippen molar-refractivity contribution >= 4 is 33.3 Å². The van der Waals surface area contributed by atoms with Gasteiger partial charge in [-0.25, -0.2) is 22.0 Å². The number of methoxy groups -OCH3 is 3. The summed E-state index contributed by atoms with van der Waals surface area (Å²) in [6.07, 6.45) is -0.333. The van der Waals surface area contributed by atoms with Gasteiger partial charge in [0, 0.05) is 23.1 Å². The molecule has 0 unspecified atom stereocenters. The van der Waals surface area contributed by atoms with Crippen molar-refractivity contribution in [2.75, 3.05) is 25.6 Å². The second kappa shape index (κ2) is 11.1. The second-order valence-electron chi connectivity index (χ2n) is 7.67. The van der Waals surface area contributed by atoms with Gasteiger partial charge in [0.1, 0.15) is 17.7 Å². The molecule has 192 valence electrons. The zero-order chi connectivity index (χ0) is 26.6. The smallest absolute Gasteiger partial charge is 0.329 e. The molecule has 0 aromatic heterocycles. The first-order chi connectivity index (χ1) is 17.0. The third kappa shape index (κ3) is 5.39. The minimum absolute atomic E-state index is 0.00487. The Morgan fingerprint density at radius 2 is 1.61 bits per heavy atom. The van der Waals surface area contributed by atoms with Crippen LogP contribution in [-0.2, 0) is 26.0 Å². The van der Waals surface area contributed by atoms with E-state index >= 15 is 0 Å². The molecule has 3 aromatic carbocycles. The van der Waals surface area contributed by atoms with Crippen LogP contribution < -0.4 is 13.8 Å². The lowest BCUT2D eigenvalue weighted by Crippen LogP contribution is -2.44. The number of nitrogens with zero attached hydrogens (tertiary/aromatic N) is 1. The van der Waals surface area contributed by atoms with Gasteiger partial charge >= 0.3 is 5.97 Å². The Labute approximate surface area is 213 Å². The first-order valence-electron chi connectivity index (χ1n) is 10.6. The normalized spacial score (nSPS) is 12.1. The Balaban J connectivity index is 2.25. The molecule has 0 spiro atoms. The maximum Gasteiger partial charge on any atom is 0.329 e. The van der Waals surface area contributed by atoms with E-state index in [-0.39, 0.29) is 38.9 Å². The fraction of sp³-hybridized carbons (Fsp3) is 0.240. The Kier molecular flexibility index (Phi) is 8.42. The molecule has 36 heavy (non-hydrogen) atoms. The first-order valence-corrected chi connectivity index (χ1v) is 12.4. The summed E-state index contributed by atoms with van der Waals surface area (Å²) in [6.45, 7) is 1.34. The number of hydrogen-bond acceptors (Lipinski definition) is 6. The largest absolute Gasteiger partial charge is 0.493 e. The lowest BCUT2D eigenvalue weighted by Gasteiger charge is -2.31. The Morgan fingerprint density at radius 1 is 0.972 bits per heavy atom. The van der Waals surface area contributed by atoms with Crippen molar-refractivity contribution in [3.63, 3.8) is 0 Å². The van der Waals surface area contributed by atoms with Gasteiger partial charge in [-0.15, -0.1) is 0 Å². The summed E-state index contributed by atoms with van der Waals surface area (Å²) in [7, 11) is -0.572. The van der Waals surface area contributed by atoms with Crippen molar-refractivity contribution in [3.8, 4) is 11.5 Å². The maximum absolute atomic E-state index is 14.5. The molecule has 0 aliphatic carbocycles. The van der Waals surface area contributed by atoms with E-state index in [1.54, 1.807) is 0 Å². The quantitative estimate of drug-likeness (QED) is 0.357. The highest BCUT2D eigenvalue weighted by atomic mass is 35.5. The topological polar surface area (TPSA) is 82.1 Å². The van der Waals surface area contributed by atoms with Crippen LogP contribution in [-0.4, -0.2) is 41.8 Å². The van der Waals surface area contributed by atoms with Crippen LogP contribution >= 0.6 is 11.6 Å². The molecule has 0 heterocycles. The molecule has 0 radical (unpaired) electrons. The lowest BCUT2D eigenvalue weighted by atomic mass is 10.0. The third-order valence-corrected chi connectivity index (χ3v) is 7.63. The Hall–Kier alpha value is -3.37. The standard InChI is InChI=1S/C25H24ClF2NO6S/c1-15(25(30)35-4)29(36(31,32)18-9-11-23(33-2)24(14-18)34-3)22-10-8-17(26)12-16(22)13-19-20(27)6-5-7-21(19)28/h5-12,14-15H,13H2,1-4H3/t15-/m0/s1. The van der Waals surface area contributed by atoms with Gasteiger partial charge in [0.25, 0.3) is 10.0 Å². The molecular formula is C25H24ClF2NO6S. The second-order valence-corrected chi connectivity index (χ2v) is 9.92. The fourth-order valence-electron chi connectivity index (χ4n) is 3.71. The molecule has 0 aliphatic rings. The number of rotatable bonds is 9. The summed E-state index contributed by atoms with van der Waals surface area (Å²) >= 11 is 6.16. The predicted octanol–water partition coefficient (Wildman–Crippen LogP) is 4.98. The van der Waals surface area contributed by atoms with Gasteiger partial charge in [0.15, 0.2) is 11.5 Å². The number of halogens is 3. The van der Waals surface area contributed by atoms with Gasteiger partial charge in [-0.2, -0.15) is 0 Å². The number of carbonyl (C=O) groups is 1. The summed E-state index contributed by atoms with van der Waals surface area (Å²) in [5, 5.41) is 0.208. The zero-order valence-corrected chi connectivity index (χ0v) is 21.5. The van der Waals surface area contributed by atoms with E-state index in [1.807, 2.05) is 0 Å². The van der Waals surface area contributed by atoms with Crippen LogP contribution in [0.15, 0.2) is 59.5 Å². The molecule has 0 saturated carbocycles. The van der Waals surface area contributed by atoms with Crippen LogP contribution in [0, 0.1) is 11.6 Å². The highest BCUT2D eigenvalue weighted by Gasteiger charge is 2.36. The number of hydrogen-bond donors (Lipinski definition) is 0. The summed E-state index contributed by atoms with van der Waals surface area (Å²) in [5.74, 6) is -2.02. The highest BCUT2D eigenvalue weighted by Crippen LogP contribution is 2.36. The van der Waals surface area contributed by atoms with E-state index < -0.39 is 33.7 Å². The van der Waals surface area contributed by atoms with Crippen LogP contribution in [0.25, 0.3) is 0 Å². The molecule has 3 aromatic rings. The van der Waals surface area contributed by atoms with E-state index in [1.165, 1.54) is 63.6 Å². The van der Waals surface area contributed by atoms with Crippen molar-refractivity contribution in [3.05, 3.63) is 82.4 Å². The minimum atomic E-state index is -4.45. The maximum atomic E-state index is 14.5. The molecule has 0 fully saturated rings. The Bertz CT molecular complexity index is 1360. The average Bonchev–Trinajstić information content (AvgIpc) is 2.86. The van der Waals surface area contributed by atoms with Crippen LogP contribution in [0.5, 0.6) is 11.5 Å². The summed E-state index contributed by atoms with van der Waals surface area (Å²) in [5.41, 5.74) is -0.115. The number of anilines is 1. The molecule has 0 aliphatic heterocycles. The van der Waals surface area contributed by atoms with E-state index in [9.17, 15) is 22.0 Å². The van der Waals surface area contributed by atoms with Gasteiger partial charge in [-0.1, -0.05) is 17.7 Å². The van der Waals surface area contributed by atoms with Crippen LogP contribution in [0.1, 0.15) is 18.1 Å². The number of sulfonamides is 1. The molecule has 0 amide bonds. The van der Waals surface area contributed by atoms with Crippen LogP contribution in [0.4, 0.5) is 14.5 Å². The van der Waals surface area contributed by atoms with Crippen molar-refractivity contribution in [1.82, 2.24) is 0 Å². The fourth-order valence-corrected chi connectivity index (χ4v) is 5.56. The molecule has 1 atom stereocenters. The number of carbonyl (C=O) groups excluding carboxylic acids is 1. The number of ether oxygens (including phenoxy) is 3. The predicted molar refractivity (Wildman–Crippen MR) is 131 cm³/mol. The van der Waals surface area contributed by atoms with Crippen LogP contribution in [0.3, 0.4) is 0 Å². The molecule has 7 nitrogen and oxygen atoms in total. The van der Waals surface area contributed by atoms with Gasteiger partial charge in [-0.05, 0) is 55.0 Å². The molecular weight excluding hydrogens is 516 g/mol. The van der Waals surface area contributed by atoms with Gasteiger partial charge in [0.2, 0.25) is 0 Å². The van der Waals surface area contributed by atoms with Gasteiger partial charge < -0.3 is 14.2 Å². The first kappa shape index (κ1) is 27.2. The molecule has 0 N–H and O–H groups in total. The van der Waals surface area contributed by atoms with Crippen molar-refractivity contribution in [1.29, 1.82) is 0 Å². The monoisotopic (exact) mass is 539 g/mol. The minimum Gasteiger partial charge on any atom is -0.493 e. The van der Waals surface area contributed by atoms with Crippen molar-refractivity contribution in [2.24, 2.45) is 0 Å². The molecule has 11 heteroatoms. The molecule has 3 rings (SSSR count). The van der Waals surface area contributed by atoms with Crippen LogP contribution in [0.2, 0.25) is 5.02 Å². The van der Waals surface area contributed by atoms with E-state index in [2.05, 4.69) is 0 Å². The Morgan fingerprint density at radius 3 is 2.19 bits per heavy atom. The third-order valence-electron chi connectivity index (χ3n) is 5.51. The summed E-state index contributed by atoms with van der Waals surface area (Å²) in [4.78, 5) is 12.3. The van der Waals surface area contributed by atoms with E-state index in [0.29, 0.717) is 5.75 Å². The van der Waals surface area contributed by atoms with Crippen molar-refractivity contribution < 1.29 is 36.2 Å². The number of esters is 1. The van der Waals surface area contributed by atoms with Gasteiger partial charge in [0.05, 0.1) is 31.9 Å². The summed E-state index contributed by atoms with van der Waals surface area (Å²) < 4.78 is 72.8. The molecule has 0 saturated heterocycles. The molecule has 0 bridgehead atoms. The van der Waals surface area contributed by atoms with E-state index in [0.717, 1.165) is 23.5 Å². The zero-order valence-electron chi connectivity index (χ0n) is 19.9. The summed E-state index contributed by atoms with van der Waals surface area (Å²) in [6, 6.07) is 10.2.